The summed E-state index contributed by atoms with van der Waals surface area (Å²) in [5.41, 5.74) is 0.482. The van der Waals surface area contributed by atoms with Gasteiger partial charge in [0.05, 0.1) is 16.0 Å². The number of carbonyl (C=O) groups excluding carboxylic acids is 2. The quantitative estimate of drug-likeness (QED) is 0.870. The monoisotopic (exact) mass is 312 g/mol. The number of aliphatic carboxylic acids is 1. The van der Waals surface area contributed by atoms with Gasteiger partial charge in [0.25, 0.3) is 0 Å². The van der Waals surface area contributed by atoms with Crippen molar-refractivity contribution in [3.05, 3.63) is 40.4 Å². The van der Waals surface area contributed by atoms with E-state index in [0.717, 1.165) is 0 Å². The van der Waals surface area contributed by atoms with E-state index in [0.29, 0.717) is 28.6 Å². The molecule has 1 amide bonds. The minimum Gasteiger partial charge on any atom is -0.550 e. The number of halogens is 2. The number of allylic oxidation sites excluding steroid dienone is 2. The lowest BCUT2D eigenvalue weighted by Crippen LogP contribution is -2.41. The first-order chi connectivity index (χ1) is 9.49. The van der Waals surface area contributed by atoms with E-state index in [2.05, 4.69) is 5.32 Å². The van der Waals surface area contributed by atoms with Crippen molar-refractivity contribution in [3.8, 4) is 0 Å². The van der Waals surface area contributed by atoms with Crippen LogP contribution in [0.15, 0.2) is 30.4 Å². The Morgan fingerprint density at radius 3 is 2.35 bits per heavy atom. The summed E-state index contributed by atoms with van der Waals surface area (Å²) in [5, 5.41) is 14.4. The number of amides is 1. The largest absolute Gasteiger partial charge is 0.550 e. The highest BCUT2D eigenvalue weighted by atomic mass is 35.5. The molecule has 0 saturated heterocycles. The summed E-state index contributed by atoms with van der Waals surface area (Å²) < 4.78 is 0. The number of carbonyl (C=O) groups is 2. The maximum absolute atomic E-state index is 12.2. The molecule has 0 spiro atoms. The van der Waals surface area contributed by atoms with Gasteiger partial charge in [0.2, 0.25) is 5.91 Å². The van der Waals surface area contributed by atoms with Gasteiger partial charge in [-0.3, -0.25) is 4.79 Å². The summed E-state index contributed by atoms with van der Waals surface area (Å²) in [6.07, 6.45) is 4.25. The van der Waals surface area contributed by atoms with Gasteiger partial charge in [-0.05, 0) is 31.0 Å². The molecule has 20 heavy (non-hydrogen) atoms. The highest BCUT2D eigenvalue weighted by molar-refractivity contribution is 6.42. The van der Waals surface area contributed by atoms with Crippen molar-refractivity contribution in [1.82, 2.24) is 0 Å². The van der Waals surface area contributed by atoms with Crippen LogP contribution in [0.2, 0.25) is 10.0 Å². The van der Waals surface area contributed by atoms with Gasteiger partial charge in [-0.25, -0.2) is 0 Å². The molecule has 1 N–H and O–H groups in total. The third-order valence-corrected chi connectivity index (χ3v) is 4.00. The van der Waals surface area contributed by atoms with Crippen LogP contribution in [-0.4, -0.2) is 11.9 Å². The summed E-state index contributed by atoms with van der Waals surface area (Å²) in [6, 6.07) is 4.70. The van der Waals surface area contributed by atoms with Crippen molar-refractivity contribution in [2.75, 3.05) is 5.32 Å². The molecule has 6 heteroatoms. The van der Waals surface area contributed by atoms with E-state index in [4.69, 9.17) is 23.2 Å². The second-order valence-electron chi connectivity index (χ2n) is 4.59. The fourth-order valence-corrected chi connectivity index (χ4v) is 2.47. The van der Waals surface area contributed by atoms with Crippen molar-refractivity contribution >= 4 is 40.8 Å². The number of anilines is 1. The molecule has 1 aliphatic carbocycles. The molecule has 0 aromatic heterocycles. The van der Waals surface area contributed by atoms with Crippen LogP contribution >= 0.6 is 23.2 Å². The average molecular weight is 313 g/mol. The predicted molar refractivity (Wildman–Crippen MR) is 75.5 cm³/mol. The summed E-state index contributed by atoms with van der Waals surface area (Å²) in [6.45, 7) is 0. The molecule has 0 bridgehead atoms. The van der Waals surface area contributed by atoms with E-state index >= 15 is 0 Å². The van der Waals surface area contributed by atoms with Gasteiger partial charge < -0.3 is 15.2 Å². The third kappa shape index (κ3) is 3.32. The molecule has 1 aliphatic rings. The molecule has 0 heterocycles. The van der Waals surface area contributed by atoms with Gasteiger partial charge in [0, 0.05) is 17.6 Å². The summed E-state index contributed by atoms with van der Waals surface area (Å²) in [4.78, 5) is 23.2. The molecule has 2 atom stereocenters. The molecule has 4 nitrogen and oxygen atoms in total. The zero-order valence-corrected chi connectivity index (χ0v) is 11.9. The lowest BCUT2D eigenvalue weighted by atomic mass is 9.82. The topological polar surface area (TPSA) is 69.2 Å². The van der Waals surface area contributed by atoms with Crippen molar-refractivity contribution in [2.45, 2.75) is 12.8 Å². The first-order valence-corrected chi connectivity index (χ1v) is 6.86. The molecule has 106 valence electrons. The van der Waals surface area contributed by atoms with Crippen LogP contribution in [0.4, 0.5) is 5.69 Å². The smallest absolute Gasteiger partial charge is 0.228 e. The van der Waals surface area contributed by atoms with Crippen LogP contribution in [0.3, 0.4) is 0 Å². The van der Waals surface area contributed by atoms with Gasteiger partial charge >= 0.3 is 0 Å². The van der Waals surface area contributed by atoms with Gasteiger partial charge in [0.1, 0.15) is 0 Å². The van der Waals surface area contributed by atoms with Crippen LogP contribution in [0.5, 0.6) is 0 Å². The van der Waals surface area contributed by atoms with Crippen molar-refractivity contribution in [2.24, 2.45) is 11.8 Å². The van der Waals surface area contributed by atoms with E-state index < -0.39 is 17.8 Å². The molecule has 1 aromatic rings. The Morgan fingerprint density at radius 2 is 1.75 bits per heavy atom. The minimum atomic E-state index is -1.20. The average Bonchev–Trinajstić information content (AvgIpc) is 2.43. The Morgan fingerprint density at radius 1 is 1.10 bits per heavy atom. The number of carboxylic acid groups (broad SMARTS) is 1. The maximum atomic E-state index is 12.2. The fourth-order valence-electron chi connectivity index (χ4n) is 2.17. The third-order valence-electron chi connectivity index (χ3n) is 3.26. The number of nitrogens with one attached hydrogen (secondary N) is 1. The zero-order valence-electron chi connectivity index (χ0n) is 10.4. The normalized spacial score (nSPS) is 21.5. The zero-order chi connectivity index (χ0) is 14.7. The molecule has 2 rings (SSSR count). The first kappa shape index (κ1) is 14.9. The molecular weight excluding hydrogens is 301 g/mol. The first-order valence-electron chi connectivity index (χ1n) is 6.11. The van der Waals surface area contributed by atoms with E-state index in [1.807, 2.05) is 0 Å². The van der Waals surface area contributed by atoms with Crippen molar-refractivity contribution < 1.29 is 14.7 Å². The Labute approximate surface area is 126 Å². The maximum Gasteiger partial charge on any atom is 0.228 e. The van der Waals surface area contributed by atoms with E-state index in [1.54, 1.807) is 24.3 Å². The molecule has 0 aliphatic heterocycles. The van der Waals surface area contributed by atoms with E-state index in [1.165, 1.54) is 6.07 Å². The SMILES string of the molecule is O=C([O-])[C@H]1CC=CC[C@@H]1C(=O)Nc1ccc(Cl)c(Cl)c1. The highest BCUT2D eigenvalue weighted by Gasteiger charge is 2.29. The van der Waals surface area contributed by atoms with Crippen LogP contribution in [0.1, 0.15) is 12.8 Å². The summed E-state index contributed by atoms with van der Waals surface area (Å²) in [5.74, 6) is -3.01. The number of hydrogen-bond donors (Lipinski definition) is 1. The van der Waals surface area contributed by atoms with E-state index in [-0.39, 0.29) is 5.91 Å². The Balaban J connectivity index is 2.12. The second-order valence-corrected chi connectivity index (χ2v) is 5.41. The lowest BCUT2D eigenvalue weighted by Gasteiger charge is -2.28. The van der Waals surface area contributed by atoms with Gasteiger partial charge in [-0.2, -0.15) is 0 Å². The van der Waals surface area contributed by atoms with Crippen LogP contribution in [0, 0.1) is 11.8 Å². The molecule has 0 radical (unpaired) electrons. The molecule has 0 unspecified atom stereocenters. The van der Waals surface area contributed by atoms with Crippen molar-refractivity contribution in [1.29, 1.82) is 0 Å². The molecule has 0 fully saturated rings. The molecule has 1 aromatic carbocycles. The van der Waals surface area contributed by atoms with Gasteiger partial charge in [-0.15, -0.1) is 0 Å². The molecular formula is C14H12Cl2NO3-. The second kappa shape index (κ2) is 6.29. The highest BCUT2D eigenvalue weighted by Crippen LogP contribution is 2.28. The summed E-state index contributed by atoms with van der Waals surface area (Å²) in [7, 11) is 0. The Kier molecular flexibility index (Phi) is 4.68. The number of rotatable bonds is 3. The van der Waals surface area contributed by atoms with Crippen LogP contribution in [0.25, 0.3) is 0 Å². The standard InChI is InChI=1S/C14H13Cl2NO3/c15-11-6-5-8(7-12(11)16)17-13(18)9-3-1-2-4-10(9)14(19)20/h1-2,5-7,9-10H,3-4H2,(H,17,18)(H,19,20)/p-1/t9-,10-/m0/s1. The lowest BCUT2D eigenvalue weighted by molar-refractivity contribution is -0.313. The fraction of sp³-hybridized carbons (Fsp3) is 0.286. The van der Waals surface area contributed by atoms with Gasteiger partial charge in [-0.1, -0.05) is 35.4 Å². The molecule has 0 saturated carbocycles. The Hall–Kier alpha value is -1.52. The van der Waals surface area contributed by atoms with Crippen LogP contribution < -0.4 is 10.4 Å². The Bertz CT molecular complexity index is 572. The van der Waals surface area contributed by atoms with E-state index in [9.17, 15) is 14.7 Å². The predicted octanol–water partition coefficient (Wildman–Crippen LogP) is 2.26. The number of carboxylic acids is 1. The van der Waals surface area contributed by atoms with Gasteiger partial charge in [0.15, 0.2) is 0 Å². The summed E-state index contributed by atoms with van der Waals surface area (Å²) >= 11 is 11.7. The van der Waals surface area contributed by atoms with Crippen LogP contribution in [-0.2, 0) is 9.59 Å². The number of hydrogen-bond acceptors (Lipinski definition) is 3. The minimum absolute atomic E-state index is 0.307. The van der Waals surface area contributed by atoms with Crippen molar-refractivity contribution in [3.63, 3.8) is 0 Å². The number of benzene rings is 1.